The molecule has 0 saturated carbocycles. The van der Waals surface area contributed by atoms with Gasteiger partial charge in [0.2, 0.25) is 6.71 Å². The fraction of sp³-hybridized carbons (Fsp3) is 0.179. The molecule has 0 saturated heterocycles. The van der Waals surface area contributed by atoms with Crippen molar-refractivity contribution in [3.05, 3.63) is 165 Å². The van der Waals surface area contributed by atoms with Gasteiger partial charge in [-0.25, -0.2) is 43.9 Å². The van der Waals surface area contributed by atoms with Gasteiger partial charge < -0.3 is 0 Å². The van der Waals surface area contributed by atoms with Crippen molar-refractivity contribution in [1.82, 2.24) is 0 Å². The molecule has 0 bridgehead atoms. The Hall–Kier alpha value is -2.90. The molecule has 2 unspecified atom stereocenters. The normalized spacial score (nSPS) is 14.9. The first-order valence-corrected chi connectivity index (χ1v) is 24.4. The van der Waals surface area contributed by atoms with Gasteiger partial charge in [0.05, 0.1) is 0 Å². The molecule has 7 rings (SSSR count). The first-order chi connectivity index (χ1) is 25.8. The van der Waals surface area contributed by atoms with Crippen LogP contribution in [-0.2, 0) is 20.8 Å². The van der Waals surface area contributed by atoms with Crippen LogP contribution in [-0.4, -0.2) is 19.0 Å². The van der Waals surface area contributed by atoms with E-state index in [1.54, 1.807) is 0 Å². The Balaban J connectivity index is 0.000000223. The molecular weight excluding hydrogens is 862 g/mol. The number of halogens is 12. The summed E-state index contributed by atoms with van der Waals surface area (Å²) in [4.78, 5) is 0. The molecule has 278 valence electrons. The van der Waals surface area contributed by atoms with Crippen LogP contribution in [0.3, 0.4) is 0 Å². The van der Waals surface area contributed by atoms with Crippen molar-refractivity contribution in [3.63, 3.8) is 0 Å². The van der Waals surface area contributed by atoms with Crippen molar-refractivity contribution in [2.75, 3.05) is 12.3 Å². The van der Waals surface area contributed by atoms with E-state index in [-0.39, 0.29) is 24.6 Å². The zero-order valence-electron chi connectivity index (χ0n) is 28.5. The van der Waals surface area contributed by atoms with E-state index in [9.17, 15) is 43.9 Å². The topological polar surface area (TPSA) is 0 Å². The average Bonchev–Trinajstić information content (AvgIpc) is 3.69. The standard InChI is InChI=1S/C22H8BF10.C17H18P.2ClH.Zr/c1-7-6-8-4-2-3-5-9(8)10(7)23(11-13(24)17(28)21(32)18(29)14(11)25)12-15(26)19(30)22(33)20(31)16(12)27;1-3-18(4-2)17-15-11-7-5-9-13(15)14-10-6-8-12-16(14)17;;;/h2-5,10H,1H3;5-11,17H,3-4H2,1-2H3;2*1H;/q2*-1;;;+4/p-2. The van der Waals surface area contributed by atoms with Gasteiger partial charge in [-0.1, -0.05) is 70.4 Å². The summed E-state index contributed by atoms with van der Waals surface area (Å²) in [7, 11) is 9.91. The number of allylic oxidation sites excluding steroid dienone is 1. The minimum atomic E-state index is -2.55. The Bertz CT molecular complexity index is 2060. The van der Waals surface area contributed by atoms with E-state index in [1.807, 2.05) is 0 Å². The summed E-state index contributed by atoms with van der Waals surface area (Å²) in [6.45, 7) is 3.42. The Kier molecular flexibility index (Phi) is 14.0. The first kappa shape index (κ1) is 42.2. The molecule has 0 fully saturated rings. The molecule has 0 radical (unpaired) electrons. The molecule has 0 nitrogen and oxygen atoms in total. The van der Waals surface area contributed by atoms with Crippen molar-refractivity contribution in [3.8, 4) is 11.1 Å². The maximum atomic E-state index is 14.8. The fourth-order valence-electron chi connectivity index (χ4n) is 7.12. The summed E-state index contributed by atoms with van der Waals surface area (Å²) in [5, 5.41) is 0. The third-order valence-electron chi connectivity index (χ3n) is 9.42. The van der Waals surface area contributed by atoms with Crippen LogP contribution >= 0.6 is 24.9 Å². The van der Waals surface area contributed by atoms with Gasteiger partial charge in [-0.3, -0.25) is 0 Å². The molecule has 15 heteroatoms. The predicted octanol–water partition coefficient (Wildman–Crippen LogP) is 11.6. The summed E-state index contributed by atoms with van der Waals surface area (Å²) >= 11 is -0.826. The molecule has 54 heavy (non-hydrogen) atoms. The van der Waals surface area contributed by atoms with E-state index in [1.165, 1.54) is 65.8 Å². The van der Waals surface area contributed by atoms with Gasteiger partial charge in [0, 0.05) is 16.6 Å². The van der Waals surface area contributed by atoms with E-state index in [2.05, 4.69) is 68.5 Å². The zero-order chi connectivity index (χ0) is 39.6. The first-order valence-electron chi connectivity index (χ1n) is 16.3. The Morgan fingerprint density at radius 1 is 0.611 bits per heavy atom. The van der Waals surface area contributed by atoms with Gasteiger partial charge in [0.25, 0.3) is 0 Å². The van der Waals surface area contributed by atoms with Crippen LogP contribution in [0.1, 0.15) is 54.5 Å². The number of fused-ring (bicyclic) bond motifs is 4. The molecule has 0 spiro atoms. The molecule has 5 aromatic carbocycles. The third-order valence-corrected chi connectivity index (χ3v) is 12.3. The quantitative estimate of drug-likeness (QED) is 0.0398. The van der Waals surface area contributed by atoms with Crippen LogP contribution in [0.5, 0.6) is 0 Å². The molecule has 0 amide bonds. The van der Waals surface area contributed by atoms with Crippen molar-refractivity contribution >= 4 is 42.6 Å². The zero-order valence-corrected chi connectivity index (χ0v) is 33.3. The molecule has 0 aliphatic heterocycles. The van der Waals surface area contributed by atoms with Gasteiger partial charge in [0.1, 0.15) is 0 Å². The summed E-state index contributed by atoms with van der Waals surface area (Å²) < 4.78 is 142. The minimum absolute atomic E-state index is 0.00841. The van der Waals surface area contributed by atoms with Crippen LogP contribution in [0, 0.1) is 70.3 Å². The van der Waals surface area contributed by atoms with Gasteiger partial charge >= 0.3 is 37.9 Å². The van der Waals surface area contributed by atoms with E-state index in [4.69, 9.17) is 17.0 Å². The monoisotopic (exact) mass is 886 g/mol. The van der Waals surface area contributed by atoms with E-state index in [0.29, 0.717) is 5.66 Å². The predicted molar refractivity (Wildman–Crippen MR) is 190 cm³/mol. The average molecular weight is 889 g/mol. The summed E-state index contributed by atoms with van der Waals surface area (Å²) in [5.74, 6) is -26.2. The Morgan fingerprint density at radius 3 is 1.54 bits per heavy atom. The molecule has 2 aliphatic carbocycles. The summed E-state index contributed by atoms with van der Waals surface area (Å²) in [6, 6.07) is 24.5. The maximum absolute atomic E-state index is 14.8. The SMILES string of the molecule is CC1=[C-]c2ccccc2C1B(c1c(F)c(F)c(F)c(F)c1F)c1c(F)c(F)c(F)c(F)c1F.CCP(CC)C1c2[c-]cccc2-c2ccccc21.[Cl][Zr+2][Cl]. The molecular formula is C39H26BCl2F10PZr. The molecule has 0 heterocycles. The van der Waals surface area contributed by atoms with Gasteiger partial charge in [-0.15, -0.1) is 34.4 Å². The molecule has 2 atom stereocenters. The second-order valence-electron chi connectivity index (χ2n) is 12.1. The van der Waals surface area contributed by atoms with Crippen molar-refractivity contribution in [1.29, 1.82) is 0 Å². The van der Waals surface area contributed by atoms with Crippen molar-refractivity contribution in [2.24, 2.45) is 0 Å². The number of benzene rings is 5. The fourth-order valence-corrected chi connectivity index (χ4v) is 9.49. The van der Waals surface area contributed by atoms with Crippen LogP contribution in [0.4, 0.5) is 43.9 Å². The second kappa shape index (κ2) is 17.9. The van der Waals surface area contributed by atoms with E-state index in [0.717, 1.165) is 0 Å². The summed E-state index contributed by atoms with van der Waals surface area (Å²) in [5.41, 5.74) is 3.28. The van der Waals surface area contributed by atoms with Gasteiger partial charge in [-0.2, -0.15) is 42.0 Å². The molecule has 5 aromatic rings. The molecule has 0 aromatic heterocycles. The van der Waals surface area contributed by atoms with E-state index < -0.39 is 102 Å². The van der Waals surface area contributed by atoms with E-state index >= 15 is 0 Å². The van der Waals surface area contributed by atoms with Gasteiger partial charge in [0.15, 0.2) is 58.2 Å². The van der Waals surface area contributed by atoms with Gasteiger partial charge in [-0.05, 0) is 17.9 Å². The second-order valence-corrected chi connectivity index (χ2v) is 18.8. The Morgan fingerprint density at radius 2 is 1.04 bits per heavy atom. The van der Waals surface area contributed by atoms with Crippen LogP contribution in [0.2, 0.25) is 0 Å². The third kappa shape index (κ3) is 7.62. The number of rotatable bonds is 6. The molecule has 0 N–H and O–H groups in total. The van der Waals surface area contributed by atoms with Crippen LogP contribution in [0.15, 0.2) is 72.3 Å². The summed E-state index contributed by atoms with van der Waals surface area (Å²) in [6.07, 6.45) is 5.33. The van der Waals surface area contributed by atoms with Crippen LogP contribution in [0.25, 0.3) is 11.1 Å². The number of hydrogen-bond acceptors (Lipinski definition) is 0. The molecule has 2 aliphatic rings. The van der Waals surface area contributed by atoms with Crippen LogP contribution < -0.4 is 10.9 Å². The van der Waals surface area contributed by atoms with Crippen molar-refractivity contribution < 1.29 is 64.8 Å². The number of hydrogen-bond donors (Lipinski definition) is 0. The Labute approximate surface area is 326 Å². The van der Waals surface area contributed by atoms with Crippen molar-refractivity contribution in [2.45, 2.75) is 32.2 Å².